The third-order valence-electron chi connectivity index (χ3n) is 4.70. The number of rotatable bonds is 4. The molecule has 2 N–H and O–H groups in total. The number of aliphatic hydroxyl groups is 1. The lowest BCUT2D eigenvalue weighted by Gasteiger charge is -2.26. The van der Waals surface area contributed by atoms with Crippen molar-refractivity contribution in [3.8, 4) is 0 Å². The molecule has 2 unspecified atom stereocenters. The summed E-state index contributed by atoms with van der Waals surface area (Å²) >= 11 is 0. The zero-order valence-electron chi connectivity index (χ0n) is 13.2. The molecule has 1 saturated carbocycles. The van der Waals surface area contributed by atoms with E-state index in [1.807, 2.05) is 0 Å². The molecule has 2 rings (SSSR count). The maximum absolute atomic E-state index is 10.5. The molecule has 0 bridgehead atoms. The van der Waals surface area contributed by atoms with Gasteiger partial charge in [0.25, 0.3) is 0 Å². The van der Waals surface area contributed by atoms with E-state index >= 15 is 0 Å². The summed E-state index contributed by atoms with van der Waals surface area (Å²) < 4.78 is 0. The van der Waals surface area contributed by atoms with Gasteiger partial charge in [-0.15, -0.1) is 0 Å². The van der Waals surface area contributed by atoms with Gasteiger partial charge in [-0.1, -0.05) is 43.9 Å². The average molecular weight is 275 g/mol. The fourth-order valence-electron chi connectivity index (χ4n) is 3.15. The number of hydrogen-bond donors (Lipinski definition) is 2. The molecular weight excluding hydrogens is 246 g/mol. The first-order valence-corrected chi connectivity index (χ1v) is 8.09. The van der Waals surface area contributed by atoms with E-state index in [1.165, 1.54) is 49.7 Å². The third-order valence-corrected chi connectivity index (χ3v) is 4.70. The van der Waals surface area contributed by atoms with Gasteiger partial charge in [0.1, 0.15) is 0 Å². The van der Waals surface area contributed by atoms with Crippen molar-refractivity contribution >= 4 is 0 Å². The molecule has 2 heteroatoms. The number of aliphatic hydroxyl groups excluding tert-OH is 1. The van der Waals surface area contributed by atoms with Crippen LogP contribution in [0.25, 0.3) is 0 Å². The van der Waals surface area contributed by atoms with E-state index in [-0.39, 0.29) is 6.04 Å². The first-order chi connectivity index (χ1) is 9.58. The minimum absolute atomic E-state index is 0.111. The SMILES string of the molecule is Cc1ccc(C(O)C(C)NC2CCCCCC2)cc1C. The number of hydrogen-bond acceptors (Lipinski definition) is 2. The summed E-state index contributed by atoms with van der Waals surface area (Å²) in [7, 11) is 0. The van der Waals surface area contributed by atoms with Crippen molar-refractivity contribution in [2.24, 2.45) is 0 Å². The van der Waals surface area contributed by atoms with Crippen molar-refractivity contribution in [3.63, 3.8) is 0 Å². The van der Waals surface area contributed by atoms with Crippen molar-refractivity contribution in [2.75, 3.05) is 0 Å². The molecule has 112 valence electrons. The predicted molar refractivity (Wildman–Crippen MR) is 85.0 cm³/mol. The molecule has 1 aliphatic carbocycles. The minimum Gasteiger partial charge on any atom is -0.387 e. The number of aryl methyl sites for hydroxylation is 2. The second-order valence-electron chi connectivity index (χ2n) is 6.43. The van der Waals surface area contributed by atoms with E-state index in [0.717, 1.165) is 5.56 Å². The molecule has 2 atom stereocenters. The normalized spacial score (nSPS) is 20.4. The van der Waals surface area contributed by atoms with Crippen LogP contribution in [-0.4, -0.2) is 17.2 Å². The van der Waals surface area contributed by atoms with Gasteiger partial charge in [-0.3, -0.25) is 0 Å². The van der Waals surface area contributed by atoms with Gasteiger partial charge in [0.15, 0.2) is 0 Å². The number of nitrogens with one attached hydrogen (secondary N) is 1. The Morgan fingerprint density at radius 2 is 1.70 bits per heavy atom. The molecule has 0 radical (unpaired) electrons. The lowest BCUT2D eigenvalue weighted by Crippen LogP contribution is -2.39. The van der Waals surface area contributed by atoms with Crippen LogP contribution < -0.4 is 5.32 Å². The predicted octanol–water partition coefficient (Wildman–Crippen LogP) is 4.04. The van der Waals surface area contributed by atoms with E-state index < -0.39 is 6.10 Å². The topological polar surface area (TPSA) is 32.3 Å². The molecule has 0 spiro atoms. The quantitative estimate of drug-likeness (QED) is 0.813. The molecule has 0 heterocycles. The highest BCUT2D eigenvalue weighted by atomic mass is 16.3. The van der Waals surface area contributed by atoms with Crippen LogP contribution in [0.1, 0.15) is 68.2 Å². The number of benzene rings is 1. The zero-order chi connectivity index (χ0) is 14.5. The maximum Gasteiger partial charge on any atom is 0.0940 e. The highest BCUT2D eigenvalue weighted by molar-refractivity contribution is 5.31. The van der Waals surface area contributed by atoms with E-state index in [4.69, 9.17) is 0 Å². The highest BCUT2D eigenvalue weighted by Gasteiger charge is 2.21. The van der Waals surface area contributed by atoms with Crippen LogP contribution in [0.3, 0.4) is 0 Å². The van der Waals surface area contributed by atoms with E-state index in [9.17, 15) is 5.11 Å². The molecule has 1 aromatic carbocycles. The van der Waals surface area contributed by atoms with E-state index in [0.29, 0.717) is 6.04 Å². The van der Waals surface area contributed by atoms with Crippen LogP contribution >= 0.6 is 0 Å². The first kappa shape index (κ1) is 15.5. The van der Waals surface area contributed by atoms with Crippen LogP contribution in [0.5, 0.6) is 0 Å². The minimum atomic E-state index is -0.419. The summed E-state index contributed by atoms with van der Waals surface area (Å²) in [5.41, 5.74) is 3.57. The molecule has 0 amide bonds. The molecule has 0 aromatic heterocycles. The molecule has 1 aliphatic rings. The Bertz CT molecular complexity index is 421. The van der Waals surface area contributed by atoms with Crippen molar-refractivity contribution in [1.82, 2.24) is 5.32 Å². The van der Waals surface area contributed by atoms with Crippen molar-refractivity contribution < 1.29 is 5.11 Å². The van der Waals surface area contributed by atoms with Crippen molar-refractivity contribution in [2.45, 2.75) is 77.5 Å². The van der Waals surface area contributed by atoms with Gasteiger partial charge in [-0.05, 0) is 50.3 Å². The average Bonchev–Trinajstić information content (AvgIpc) is 2.69. The lowest BCUT2D eigenvalue weighted by atomic mass is 9.98. The molecule has 1 fully saturated rings. The van der Waals surface area contributed by atoms with Crippen molar-refractivity contribution in [3.05, 3.63) is 34.9 Å². The Morgan fingerprint density at radius 1 is 1.05 bits per heavy atom. The van der Waals surface area contributed by atoms with E-state index in [1.54, 1.807) is 0 Å². The Hall–Kier alpha value is -0.860. The lowest BCUT2D eigenvalue weighted by molar-refractivity contribution is 0.127. The summed E-state index contributed by atoms with van der Waals surface area (Å²) in [6, 6.07) is 6.96. The fraction of sp³-hybridized carbons (Fsp3) is 0.667. The standard InChI is InChI=1S/C18H29NO/c1-13-10-11-16(12-14(13)2)18(20)15(3)19-17-8-6-4-5-7-9-17/h10-12,15,17-20H,4-9H2,1-3H3. The largest absolute Gasteiger partial charge is 0.387 e. The summed E-state index contributed by atoms with van der Waals surface area (Å²) in [6.07, 6.45) is 7.47. The first-order valence-electron chi connectivity index (χ1n) is 8.09. The van der Waals surface area contributed by atoms with Gasteiger partial charge in [0.05, 0.1) is 6.10 Å². The van der Waals surface area contributed by atoms with Crippen LogP contribution in [0, 0.1) is 13.8 Å². The van der Waals surface area contributed by atoms with Gasteiger partial charge in [0, 0.05) is 12.1 Å². The van der Waals surface area contributed by atoms with Gasteiger partial charge < -0.3 is 10.4 Å². The van der Waals surface area contributed by atoms with E-state index in [2.05, 4.69) is 44.3 Å². The summed E-state index contributed by atoms with van der Waals surface area (Å²) in [5, 5.41) is 14.2. The van der Waals surface area contributed by atoms with Gasteiger partial charge in [-0.2, -0.15) is 0 Å². The Balaban J connectivity index is 1.96. The zero-order valence-corrected chi connectivity index (χ0v) is 13.2. The second kappa shape index (κ2) is 7.24. The van der Waals surface area contributed by atoms with Crippen LogP contribution in [-0.2, 0) is 0 Å². The van der Waals surface area contributed by atoms with Gasteiger partial charge >= 0.3 is 0 Å². The molecule has 2 nitrogen and oxygen atoms in total. The second-order valence-corrected chi connectivity index (χ2v) is 6.43. The van der Waals surface area contributed by atoms with Crippen molar-refractivity contribution in [1.29, 1.82) is 0 Å². The Labute approximate surface area is 123 Å². The highest BCUT2D eigenvalue weighted by Crippen LogP contribution is 2.23. The Kier molecular flexibility index (Phi) is 5.62. The van der Waals surface area contributed by atoms with Crippen LogP contribution in [0.15, 0.2) is 18.2 Å². The monoisotopic (exact) mass is 275 g/mol. The summed E-state index contributed by atoms with van der Waals surface area (Å²) in [4.78, 5) is 0. The summed E-state index contributed by atoms with van der Waals surface area (Å²) in [6.45, 7) is 6.32. The molecule has 0 aliphatic heterocycles. The van der Waals surface area contributed by atoms with Gasteiger partial charge in [-0.25, -0.2) is 0 Å². The summed E-state index contributed by atoms with van der Waals surface area (Å²) in [5.74, 6) is 0. The smallest absolute Gasteiger partial charge is 0.0940 e. The molecule has 20 heavy (non-hydrogen) atoms. The fourth-order valence-corrected chi connectivity index (χ4v) is 3.15. The maximum atomic E-state index is 10.5. The van der Waals surface area contributed by atoms with Crippen LogP contribution in [0.4, 0.5) is 0 Å². The molecule has 1 aromatic rings. The third kappa shape index (κ3) is 4.07. The molecule has 0 saturated heterocycles. The van der Waals surface area contributed by atoms with Crippen LogP contribution in [0.2, 0.25) is 0 Å². The Morgan fingerprint density at radius 3 is 2.30 bits per heavy atom. The molecular formula is C18H29NO. The van der Waals surface area contributed by atoms with Gasteiger partial charge in [0.2, 0.25) is 0 Å².